The molecule has 20 heavy (non-hydrogen) atoms. The van der Waals surface area contributed by atoms with Crippen molar-refractivity contribution in [3.05, 3.63) is 48.4 Å². The van der Waals surface area contributed by atoms with Crippen LogP contribution in [0.15, 0.2) is 42.9 Å². The molecule has 5 nitrogen and oxygen atoms in total. The number of nitrogens with two attached hydrogens (primary N) is 1. The molecule has 1 aliphatic heterocycles. The summed E-state index contributed by atoms with van der Waals surface area (Å²) >= 11 is 0. The molecular formula is C15H19N5. The van der Waals surface area contributed by atoms with Gasteiger partial charge in [0.05, 0.1) is 0 Å². The third-order valence-corrected chi connectivity index (χ3v) is 3.69. The smallest absolute Gasteiger partial charge is 0.128 e. The van der Waals surface area contributed by atoms with E-state index in [1.165, 1.54) is 5.69 Å². The minimum atomic E-state index is 0.531. The predicted octanol–water partition coefficient (Wildman–Crippen LogP) is 1.26. The van der Waals surface area contributed by atoms with E-state index in [-0.39, 0.29) is 0 Å². The zero-order chi connectivity index (χ0) is 13.8. The zero-order valence-corrected chi connectivity index (χ0v) is 11.4. The van der Waals surface area contributed by atoms with Gasteiger partial charge in [-0.1, -0.05) is 6.07 Å². The van der Waals surface area contributed by atoms with Gasteiger partial charge in [0.15, 0.2) is 0 Å². The topological polar surface area (TPSA) is 58.3 Å². The van der Waals surface area contributed by atoms with E-state index in [1.807, 2.05) is 30.7 Å². The van der Waals surface area contributed by atoms with Gasteiger partial charge >= 0.3 is 0 Å². The molecule has 0 spiro atoms. The molecule has 2 aromatic heterocycles. The number of aromatic nitrogens is 2. The molecule has 0 saturated carbocycles. The Balaban J connectivity index is 1.70. The first-order chi connectivity index (χ1) is 9.88. The lowest BCUT2D eigenvalue weighted by Gasteiger charge is -2.37. The van der Waals surface area contributed by atoms with Crippen molar-refractivity contribution in [1.82, 2.24) is 9.97 Å². The van der Waals surface area contributed by atoms with Crippen LogP contribution in [-0.2, 0) is 6.54 Å². The number of rotatable bonds is 3. The molecule has 3 heterocycles. The predicted molar refractivity (Wildman–Crippen MR) is 80.8 cm³/mol. The first kappa shape index (κ1) is 12.9. The van der Waals surface area contributed by atoms with E-state index < -0.39 is 0 Å². The van der Waals surface area contributed by atoms with E-state index >= 15 is 0 Å². The normalized spacial score (nSPS) is 15.4. The average Bonchev–Trinajstić information content (AvgIpc) is 2.56. The van der Waals surface area contributed by atoms with E-state index in [0.717, 1.165) is 37.6 Å². The number of piperazine rings is 1. The van der Waals surface area contributed by atoms with Crippen molar-refractivity contribution in [3.63, 3.8) is 0 Å². The molecule has 0 unspecified atom stereocenters. The summed E-state index contributed by atoms with van der Waals surface area (Å²) in [5, 5.41) is 0. The van der Waals surface area contributed by atoms with Crippen LogP contribution < -0.4 is 15.5 Å². The quantitative estimate of drug-likeness (QED) is 0.909. The Bertz CT molecular complexity index is 549. The highest BCUT2D eigenvalue weighted by Gasteiger charge is 2.19. The van der Waals surface area contributed by atoms with Gasteiger partial charge < -0.3 is 15.5 Å². The highest BCUT2D eigenvalue weighted by molar-refractivity contribution is 5.54. The monoisotopic (exact) mass is 269 g/mol. The molecule has 0 bridgehead atoms. The lowest BCUT2D eigenvalue weighted by Crippen LogP contribution is -2.47. The summed E-state index contributed by atoms with van der Waals surface area (Å²) in [4.78, 5) is 13.3. The molecule has 0 amide bonds. The lowest BCUT2D eigenvalue weighted by molar-refractivity contribution is 0.645. The molecule has 0 aliphatic carbocycles. The summed E-state index contributed by atoms with van der Waals surface area (Å²) in [7, 11) is 0. The van der Waals surface area contributed by atoms with E-state index in [9.17, 15) is 0 Å². The molecule has 1 fully saturated rings. The first-order valence-electron chi connectivity index (χ1n) is 6.92. The van der Waals surface area contributed by atoms with Crippen LogP contribution in [0.1, 0.15) is 5.56 Å². The van der Waals surface area contributed by atoms with Crippen LogP contribution in [0, 0.1) is 0 Å². The molecule has 0 radical (unpaired) electrons. The molecule has 0 atom stereocenters. The fourth-order valence-electron chi connectivity index (χ4n) is 2.60. The van der Waals surface area contributed by atoms with Crippen molar-refractivity contribution in [1.29, 1.82) is 0 Å². The van der Waals surface area contributed by atoms with Gasteiger partial charge in [0.1, 0.15) is 5.82 Å². The van der Waals surface area contributed by atoms with Crippen LogP contribution in [0.4, 0.5) is 11.5 Å². The van der Waals surface area contributed by atoms with E-state index in [2.05, 4.69) is 31.9 Å². The molecule has 0 aromatic carbocycles. The third kappa shape index (κ3) is 2.58. The summed E-state index contributed by atoms with van der Waals surface area (Å²) in [6.45, 7) is 4.44. The maximum atomic E-state index is 5.79. The second kappa shape index (κ2) is 5.88. The highest BCUT2D eigenvalue weighted by Crippen LogP contribution is 2.21. The number of hydrogen-bond acceptors (Lipinski definition) is 5. The molecule has 5 heteroatoms. The maximum absolute atomic E-state index is 5.79. The Hall–Kier alpha value is -2.14. The summed E-state index contributed by atoms with van der Waals surface area (Å²) < 4.78 is 0. The largest absolute Gasteiger partial charge is 0.368 e. The molecule has 2 aromatic rings. The van der Waals surface area contributed by atoms with Crippen LogP contribution in [0.3, 0.4) is 0 Å². The van der Waals surface area contributed by atoms with Gasteiger partial charge in [-0.25, -0.2) is 4.98 Å². The summed E-state index contributed by atoms with van der Waals surface area (Å²) in [5.74, 6) is 1.06. The van der Waals surface area contributed by atoms with Crippen LogP contribution in [0.25, 0.3) is 0 Å². The zero-order valence-electron chi connectivity index (χ0n) is 11.4. The van der Waals surface area contributed by atoms with Gasteiger partial charge in [-0.3, -0.25) is 4.98 Å². The van der Waals surface area contributed by atoms with Crippen molar-refractivity contribution < 1.29 is 0 Å². The Morgan fingerprint density at radius 2 is 1.80 bits per heavy atom. The summed E-state index contributed by atoms with van der Waals surface area (Å²) in [6, 6.07) is 8.10. The van der Waals surface area contributed by atoms with E-state index in [1.54, 1.807) is 0 Å². The number of nitrogens with zero attached hydrogens (tertiary/aromatic N) is 4. The first-order valence-corrected chi connectivity index (χ1v) is 6.92. The average molecular weight is 269 g/mol. The second-order valence-electron chi connectivity index (χ2n) is 4.87. The fourth-order valence-corrected chi connectivity index (χ4v) is 2.60. The van der Waals surface area contributed by atoms with Crippen LogP contribution in [0.2, 0.25) is 0 Å². The fraction of sp³-hybridized carbons (Fsp3) is 0.333. The van der Waals surface area contributed by atoms with Crippen molar-refractivity contribution in [3.8, 4) is 0 Å². The minimum Gasteiger partial charge on any atom is -0.368 e. The Labute approximate surface area is 119 Å². The molecule has 3 rings (SSSR count). The van der Waals surface area contributed by atoms with Gasteiger partial charge in [-0.2, -0.15) is 0 Å². The lowest BCUT2D eigenvalue weighted by atomic mass is 10.2. The van der Waals surface area contributed by atoms with Crippen LogP contribution in [0.5, 0.6) is 0 Å². The third-order valence-electron chi connectivity index (χ3n) is 3.69. The molecular weight excluding hydrogens is 250 g/mol. The van der Waals surface area contributed by atoms with Gasteiger partial charge in [-0.05, 0) is 18.2 Å². The summed E-state index contributed by atoms with van der Waals surface area (Å²) in [5.41, 5.74) is 8.11. The highest BCUT2D eigenvalue weighted by atomic mass is 15.3. The van der Waals surface area contributed by atoms with Gasteiger partial charge in [0.25, 0.3) is 0 Å². The molecule has 1 aliphatic rings. The minimum absolute atomic E-state index is 0.531. The number of pyridine rings is 2. The Morgan fingerprint density at radius 3 is 2.50 bits per heavy atom. The van der Waals surface area contributed by atoms with E-state index in [4.69, 9.17) is 5.73 Å². The van der Waals surface area contributed by atoms with Crippen molar-refractivity contribution in [2.75, 3.05) is 36.0 Å². The number of hydrogen-bond donors (Lipinski definition) is 1. The molecule has 2 N–H and O–H groups in total. The maximum Gasteiger partial charge on any atom is 0.128 e. The van der Waals surface area contributed by atoms with Gasteiger partial charge in [-0.15, -0.1) is 0 Å². The van der Waals surface area contributed by atoms with Crippen molar-refractivity contribution in [2.45, 2.75) is 6.54 Å². The summed E-state index contributed by atoms with van der Waals surface area (Å²) in [6.07, 6.45) is 5.54. The Morgan fingerprint density at radius 1 is 1.00 bits per heavy atom. The molecule has 104 valence electrons. The van der Waals surface area contributed by atoms with E-state index in [0.29, 0.717) is 6.54 Å². The Kier molecular flexibility index (Phi) is 3.78. The standard InChI is InChI=1S/C15H19N5/c16-11-13-12-17-6-4-14(13)19-7-9-20(10-8-19)15-3-1-2-5-18-15/h1-6,12H,7-11,16H2. The SMILES string of the molecule is NCc1cnccc1N1CCN(c2ccccn2)CC1. The van der Waals surface area contributed by atoms with Gasteiger partial charge in [0, 0.05) is 62.6 Å². The van der Waals surface area contributed by atoms with Crippen molar-refractivity contribution in [2.24, 2.45) is 5.73 Å². The van der Waals surface area contributed by atoms with Gasteiger partial charge in [0.2, 0.25) is 0 Å². The van der Waals surface area contributed by atoms with Crippen LogP contribution in [-0.4, -0.2) is 36.1 Å². The molecule has 1 saturated heterocycles. The van der Waals surface area contributed by atoms with Crippen molar-refractivity contribution >= 4 is 11.5 Å². The number of anilines is 2. The van der Waals surface area contributed by atoms with Crippen LogP contribution >= 0.6 is 0 Å². The second-order valence-corrected chi connectivity index (χ2v) is 4.87.